The number of carbonyl (C=O) groups is 2. The predicted molar refractivity (Wildman–Crippen MR) is 90.9 cm³/mol. The van der Waals surface area contributed by atoms with Gasteiger partial charge in [0.15, 0.2) is 0 Å². The lowest BCUT2D eigenvalue weighted by atomic mass is 10.2. The Balaban J connectivity index is 1.67. The molecule has 3 heterocycles. The van der Waals surface area contributed by atoms with Gasteiger partial charge >= 0.3 is 0 Å². The second-order valence-electron chi connectivity index (χ2n) is 6.44. The quantitative estimate of drug-likeness (QED) is 0.813. The molecule has 7 heteroatoms. The molecule has 2 saturated heterocycles. The summed E-state index contributed by atoms with van der Waals surface area (Å²) < 4.78 is 0. The zero-order valence-corrected chi connectivity index (χ0v) is 14.3. The summed E-state index contributed by atoms with van der Waals surface area (Å²) in [6.07, 6.45) is 6.46. The van der Waals surface area contributed by atoms with E-state index in [9.17, 15) is 9.59 Å². The smallest absolute Gasteiger partial charge is 0.272 e. The van der Waals surface area contributed by atoms with Gasteiger partial charge in [0.25, 0.3) is 5.91 Å². The van der Waals surface area contributed by atoms with Crippen LogP contribution < -0.4 is 4.90 Å². The van der Waals surface area contributed by atoms with Crippen LogP contribution in [-0.4, -0.2) is 70.9 Å². The number of anilines is 1. The van der Waals surface area contributed by atoms with Crippen molar-refractivity contribution in [2.75, 3.05) is 44.2 Å². The molecule has 0 bridgehead atoms. The summed E-state index contributed by atoms with van der Waals surface area (Å²) in [5.74, 6) is 0.648. The molecule has 0 aliphatic carbocycles. The van der Waals surface area contributed by atoms with Crippen molar-refractivity contribution in [3.63, 3.8) is 0 Å². The van der Waals surface area contributed by atoms with Crippen molar-refractivity contribution in [1.82, 2.24) is 19.8 Å². The monoisotopic (exact) mass is 331 g/mol. The van der Waals surface area contributed by atoms with Crippen molar-refractivity contribution >= 4 is 17.8 Å². The van der Waals surface area contributed by atoms with Crippen LogP contribution >= 0.6 is 0 Å². The number of rotatable bonds is 2. The maximum absolute atomic E-state index is 12.7. The second-order valence-corrected chi connectivity index (χ2v) is 6.44. The molecule has 2 amide bonds. The molecule has 0 saturated carbocycles. The van der Waals surface area contributed by atoms with E-state index in [0.717, 1.165) is 25.9 Å². The fourth-order valence-corrected chi connectivity index (χ4v) is 3.28. The Labute approximate surface area is 142 Å². The van der Waals surface area contributed by atoms with Crippen LogP contribution in [0.5, 0.6) is 0 Å². The normalized spacial score (nSPS) is 19.1. The van der Waals surface area contributed by atoms with Gasteiger partial charge in [-0.3, -0.25) is 9.59 Å². The first-order valence-corrected chi connectivity index (χ1v) is 8.78. The van der Waals surface area contributed by atoms with Crippen molar-refractivity contribution in [1.29, 1.82) is 0 Å². The van der Waals surface area contributed by atoms with Gasteiger partial charge < -0.3 is 14.7 Å². The zero-order valence-electron chi connectivity index (χ0n) is 14.3. The molecule has 1 aromatic rings. The van der Waals surface area contributed by atoms with Crippen LogP contribution in [0.15, 0.2) is 12.3 Å². The molecule has 2 aliphatic rings. The van der Waals surface area contributed by atoms with Crippen molar-refractivity contribution < 1.29 is 9.59 Å². The number of nitrogens with zero attached hydrogens (tertiary/aromatic N) is 5. The summed E-state index contributed by atoms with van der Waals surface area (Å²) in [5, 5.41) is 0. The van der Waals surface area contributed by atoms with Crippen LogP contribution in [0.4, 0.5) is 5.95 Å². The first-order chi connectivity index (χ1) is 11.6. The number of hydrogen-bond acceptors (Lipinski definition) is 5. The lowest BCUT2D eigenvalue weighted by Crippen LogP contribution is -2.50. The summed E-state index contributed by atoms with van der Waals surface area (Å²) in [4.78, 5) is 38.7. The standard InChI is InChI=1S/C17H25N5O2/c1-14(23)20-10-12-21(13-11-20)16(24)15-6-7-18-17(19-15)22-8-4-2-3-5-9-22/h6-7H,2-5,8-13H2,1H3. The van der Waals surface area contributed by atoms with Gasteiger partial charge in [0.1, 0.15) is 5.69 Å². The molecule has 1 aromatic heterocycles. The van der Waals surface area contributed by atoms with E-state index in [1.807, 2.05) is 0 Å². The third kappa shape index (κ3) is 3.83. The fraction of sp³-hybridized carbons (Fsp3) is 0.647. The van der Waals surface area contributed by atoms with E-state index in [0.29, 0.717) is 37.8 Å². The second kappa shape index (κ2) is 7.59. The summed E-state index contributed by atoms with van der Waals surface area (Å²) in [6.45, 7) is 5.76. The van der Waals surface area contributed by atoms with Crippen molar-refractivity contribution in [2.24, 2.45) is 0 Å². The van der Waals surface area contributed by atoms with Gasteiger partial charge in [-0.25, -0.2) is 9.97 Å². The fourth-order valence-electron chi connectivity index (χ4n) is 3.28. The Hall–Kier alpha value is -2.18. The summed E-state index contributed by atoms with van der Waals surface area (Å²) >= 11 is 0. The minimum absolute atomic E-state index is 0.0626. The minimum Gasteiger partial charge on any atom is -0.341 e. The van der Waals surface area contributed by atoms with Crippen LogP contribution in [0.25, 0.3) is 0 Å². The number of carbonyl (C=O) groups excluding carboxylic acids is 2. The van der Waals surface area contributed by atoms with E-state index in [1.165, 1.54) is 12.8 Å². The Morgan fingerprint density at radius 2 is 1.54 bits per heavy atom. The molecule has 0 atom stereocenters. The molecule has 0 aromatic carbocycles. The molecule has 0 unspecified atom stereocenters. The van der Waals surface area contributed by atoms with E-state index >= 15 is 0 Å². The van der Waals surface area contributed by atoms with Gasteiger partial charge in [-0.1, -0.05) is 12.8 Å². The largest absolute Gasteiger partial charge is 0.341 e. The molecule has 2 fully saturated rings. The summed E-state index contributed by atoms with van der Waals surface area (Å²) in [7, 11) is 0. The van der Waals surface area contributed by atoms with Gasteiger partial charge in [-0.15, -0.1) is 0 Å². The van der Waals surface area contributed by atoms with Gasteiger partial charge in [0, 0.05) is 52.4 Å². The van der Waals surface area contributed by atoms with Crippen LogP contribution in [0.1, 0.15) is 43.1 Å². The minimum atomic E-state index is -0.0725. The van der Waals surface area contributed by atoms with Gasteiger partial charge in [0.2, 0.25) is 11.9 Å². The highest BCUT2D eigenvalue weighted by Gasteiger charge is 2.24. The van der Waals surface area contributed by atoms with Crippen molar-refractivity contribution in [3.8, 4) is 0 Å². The number of piperazine rings is 1. The maximum atomic E-state index is 12.7. The Morgan fingerprint density at radius 1 is 0.917 bits per heavy atom. The van der Waals surface area contributed by atoms with Crippen LogP contribution in [0.2, 0.25) is 0 Å². The van der Waals surface area contributed by atoms with Crippen LogP contribution in [0.3, 0.4) is 0 Å². The van der Waals surface area contributed by atoms with Gasteiger partial charge in [-0.2, -0.15) is 0 Å². The topological polar surface area (TPSA) is 69.6 Å². The van der Waals surface area contributed by atoms with Crippen molar-refractivity contribution in [3.05, 3.63) is 18.0 Å². The molecule has 24 heavy (non-hydrogen) atoms. The van der Waals surface area contributed by atoms with Crippen LogP contribution in [-0.2, 0) is 4.79 Å². The lowest BCUT2D eigenvalue weighted by molar-refractivity contribution is -0.130. The molecule has 7 nitrogen and oxygen atoms in total. The summed E-state index contributed by atoms with van der Waals surface area (Å²) in [5.41, 5.74) is 0.445. The SMILES string of the molecule is CC(=O)N1CCN(C(=O)c2ccnc(N3CCCCCC3)n2)CC1. The van der Waals surface area contributed by atoms with Gasteiger partial charge in [-0.05, 0) is 18.9 Å². The van der Waals surface area contributed by atoms with E-state index in [1.54, 1.807) is 29.0 Å². The Kier molecular flexibility index (Phi) is 5.27. The molecular formula is C17H25N5O2. The highest BCUT2D eigenvalue weighted by Crippen LogP contribution is 2.16. The highest BCUT2D eigenvalue weighted by molar-refractivity contribution is 5.92. The maximum Gasteiger partial charge on any atom is 0.272 e. The molecule has 3 rings (SSSR count). The predicted octanol–water partition coefficient (Wildman–Crippen LogP) is 1.16. The molecular weight excluding hydrogens is 306 g/mol. The third-order valence-corrected chi connectivity index (χ3v) is 4.76. The number of amides is 2. The first-order valence-electron chi connectivity index (χ1n) is 8.78. The Morgan fingerprint density at radius 3 is 2.17 bits per heavy atom. The van der Waals surface area contributed by atoms with E-state index < -0.39 is 0 Å². The molecule has 0 radical (unpaired) electrons. The highest BCUT2D eigenvalue weighted by atomic mass is 16.2. The van der Waals surface area contributed by atoms with E-state index in [4.69, 9.17) is 0 Å². The Bertz CT molecular complexity index is 590. The zero-order chi connectivity index (χ0) is 16.9. The van der Waals surface area contributed by atoms with Crippen LogP contribution in [0, 0.1) is 0 Å². The van der Waals surface area contributed by atoms with E-state index in [2.05, 4.69) is 14.9 Å². The average molecular weight is 331 g/mol. The first kappa shape index (κ1) is 16.7. The van der Waals surface area contributed by atoms with E-state index in [-0.39, 0.29) is 11.8 Å². The lowest BCUT2D eigenvalue weighted by Gasteiger charge is -2.34. The van der Waals surface area contributed by atoms with Crippen molar-refractivity contribution in [2.45, 2.75) is 32.6 Å². The molecule has 0 spiro atoms. The molecule has 0 N–H and O–H groups in total. The molecule has 130 valence electrons. The molecule has 2 aliphatic heterocycles. The number of hydrogen-bond donors (Lipinski definition) is 0. The van der Waals surface area contributed by atoms with Gasteiger partial charge in [0.05, 0.1) is 0 Å². The average Bonchev–Trinajstić information content (AvgIpc) is 2.91. The number of aromatic nitrogens is 2. The third-order valence-electron chi connectivity index (χ3n) is 4.76. The summed E-state index contributed by atoms with van der Waals surface area (Å²) in [6, 6.07) is 1.68.